The van der Waals surface area contributed by atoms with Gasteiger partial charge < -0.3 is 24.7 Å². The Morgan fingerprint density at radius 1 is 1.12 bits per heavy atom. The van der Waals surface area contributed by atoms with Gasteiger partial charge >= 0.3 is 28.2 Å². The largest absolute Gasteiger partial charge is 0.693 e. The molecular weight excluding hydrogens is 496 g/mol. The van der Waals surface area contributed by atoms with Crippen molar-refractivity contribution in [3.05, 3.63) is 53.3 Å². The number of hydrogen-bond donors (Lipinski definition) is 0. The number of benzene rings is 1. The summed E-state index contributed by atoms with van der Waals surface area (Å²) in [5, 5.41) is 1.17. The van der Waals surface area contributed by atoms with Gasteiger partial charge in [-0.3, -0.25) is 4.98 Å². The van der Waals surface area contributed by atoms with Gasteiger partial charge in [-0.1, -0.05) is 18.2 Å². The fourth-order valence-electron chi connectivity index (χ4n) is 1.04. The van der Waals surface area contributed by atoms with E-state index in [1.807, 2.05) is 30.5 Å². The van der Waals surface area contributed by atoms with Crippen molar-refractivity contribution in [2.24, 2.45) is 0 Å². The number of halogens is 3. The third-order valence-corrected chi connectivity index (χ3v) is 1.99. The van der Waals surface area contributed by atoms with Crippen LogP contribution in [0.3, 0.4) is 0 Å². The summed E-state index contributed by atoms with van der Waals surface area (Å²) in [7, 11) is 4.61. The zero-order valence-corrected chi connectivity index (χ0v) is 13.4. The van der Waals surface area contributed by atoms with Crippen LogP contribution in [0.25, 0.3) is 23.2 Å². The van der Waals surface area contributed by atoms with Crippen LogP contribution < -0.4 is 12.4 Å². The van der Waals surface area contributed by atoms with Gasteiger partial charge in [0.25, 0.3) is 0 Å². The van der Waals surface area contributed by atoms with Gasteiger partial charge in [-0.15, -0.1) is 0 Å². The van der Waals surface area contributed by atoms with E-state index in [1.54, 1.807) is 18.8 Å². The van der Waals surface area contributed by atoms with E-state index in [9.17, 15) is 0 Å². The topological polar surface area (TPSA) is 79.9 Å². The molecule has 0 aliphatic rings. The van der Waals surface area contributed by atoms with Crippen molar-refractivity contribution in [2.75, 3.05) is 0 Å². The van der Waals surface area contributed by atoms with Crippen LogP contribution in [0.1, 0.15) is 0 Å². The normalized spacial score (nSPS) is 7.50. The second-order valence-corrected chi connectivity index (χ2v) is 3.26. The number of pyridine rings is 1. The Bertz CT molecular complexity index is 403. The Labute approximate surface area is 125 Å². The Morgan fingerprint density at radius 2 is 1.69 bits per heavy atom. The van der Waals surface area contributed by atoms with Crippen LogP contribution in [0.2, 0.25) is 0 Å². The van der Waals surface area contributed by atoms with E-state index in [1.165, 1.54) is 5.39 Å². The summed E-state index contributed by atoms with van der Waals surface area (Å²) in [5.41, 5.74) is 1.04. The van der Waals surface area contributed by atoms with E-state index in [2.05, 4.69) is 36.4 Å². The van der Waals surface area contributed by atoms with Gasteiger partial charge in [0.1, 0.15) is 0 Å². The molecule has 0 fully saturated rings. The molecule has 0 unspecified atom stereocenters. The first-order valence-electron chi connectivity index (χ1n) is 3.48. The summed E-state index contributed by atoms with van der Waals surface area (Å²) in [6.45, 7) is 0. The van der Waals surface area contributed by atoms with Crippen LogP contribution in [0.4, 0.5) is 0 Å². The molecular formula is C9H10BrCl2N3Pt-3. The fraction of sp³-hybridized carbons (Fsp3) is 0. The molecule has 1 aromatic carbocycles. The SMILES string of the molecule is Brc1cnc2ccccc2c1.[Cl-].[Cl][Pt].[NH2-].[NH2-]. The summed E-state index contributed by atoms with van der Waals surface area (Å²) in [4.78, 5) is 4.23. The average Bonchev–Trinajstić information content (AvgIpc) is 2.21. The summed E-state index contributed by atoms with van der Waals surface area (Å²) < 4.78 is 1.02. The molecule has 2 rings (SSSR count). The summed E-state index contributed by atoms with van der Waals surface area (Å²) in [6.07, 6.45) is 1.81. The second-order valence-electron chi connectivity index (χ2n) is 2.35. The maximum Gasteiger partial charge on any atom is -0.693 e. The van der Waals surface area contributed by atoms with Gasteiger partial charge in [0.05, 0.1) is 5.52 Å². The molecule has 4 N–H and O–H groups in total. The van der Waals surface area contributed by atoms with Crippen LogP contribution in [0.15, 0.2) is 41.0 Å². The van der Waals surface area contributed by atoms with E-state index in [4.69, 9.17) is 0 Å². The second kappa shape index (κ2) is 11.8. The number of aromatic nitrogens is 1. The minimum Gasteiger partial charge on any atom is -0.693 e. The van der Waals surface area contributed by atoms with Crippen LogP contribution in [0.5, 0.6) is 0 Å². The van der Waals surface area contributed by atoms with Crippen molar-refractivity contribution in [2.45, 2.75) is 0 Å². The van der Waals surface area contributed by atoms with Crippen molar-refractivity contribution in [1.82, 2.24) is 4.98 Å². The first-order chi connectivity index (χ1) is 6.36. The molecule has 0 atom stereocenters. The van der Waals surface area contributed by atoms with Crippen LogP contribution in [-0.2, 0) is 18.8 Å². The summed E-state index contributed by atoms with van der Waals surface area (Å²) in [6, 6.07) is 10.1. The number of rotatable bonds is 0. The summed E-state index contributed by atoms with van der Waals surface area (Å²) in [5.74, 6) is 0. The zero-order chi connectivity index (χ0) is 9.68. The Morgan fingerprint density at radius 3 is 2.31 bits per heavy atom. The monoisotopic (exact) mass is 504 g/mol. The smallest absolute Gasteiger partial charge is 0.693 e. The minimum atomic E-state index is 0. The molecule has 95 valence electrons. The molecule has 1 heterocycles. The fourth-order valence-corrected chi connectivity index (χ4v) is 1.39. The van der Waals surface area contributed by atoms with Gasteiger partial charge in [-0.05, 0) is 28.1 Å². The molecule has 16 heavy (non-hydrogen) atoms. The molecule has 2 aromatic rings. The van der Waals surface area contributed by atoms with E-state index < -0.39 is 0 Å². The molecule has 0 saturated carbocycles. The van der Waals surface area contributed by atoms with E-state index in [0.29, 0.717) is 0 Å². The molecule has 7 heteroatoms. The quantitative estimate of drug-likeness (QED) is 0.540. The number of nitrogens with two attached hydrogens (primary N) is 2. The van der Waals surface area contributed by atoms with Crippen molar-refractivity contribution in [3.8, 4) is 0 Å². The molecule has 3 nitrogen and oxygen atoms in total. The van der Waals surface area contributed by atoms with Gasteiger partial charge in [0.2, 0.25) is 0 Å². The number of para-hydroxylation sites is 1. The molecule has 0 amide bonds. The van der Waals surface area contributed by atoms with Crippen molar-refractivity contribution >= 4 is 36.3 Å². The van der Waals surface area contributed by atoms with Gasteiger partial charge in [-0.2, -0.15) is 0 Å². The van der Waals surface area contributed by atoms with E-state index in [-0.39, 0.29) is 24.7 Å². The molecule has 0 aliphatic carbocycles. The first kappa shape index (κ1) is 21.6. The van der Waals surface area contributed by atoms with Crippen molar-refractivity contribution in [3.63, 3.8) is 0 Å². The standard InChI is InChI=1S/C9H6BrN.2ClH.2H2N.Pt/c10-8-5-7-3-1-2-4-9(7)11-6-8;;;;;/h1-6H;2*1H;2*1H2;/q;;;2*-1;+1/p-2. The maximum atomic E-state index is 4.61. The predicted octanol–water partition coefficient (Wildman–Crippen LogP) is 2.12. The number of fused-ring (bicyclic) bond motifs is 1. The zero-order valence-electron chi connectivity index (χ0n) is 8.02. The predicted molar refractivity (Wildman–Crippen MR) is 65.9 cm³/mol. The van der Waals surface area contributed by atoms with Crippen molar-refractivity contribution in [1.29, 1.82) is 0 Å². The number of nitrogens with zero attached hydrogens (tertiary/aromatic N) is 1. The third-order valence-electron chi connectivity index (χ3n) is 1.56. The van der Waals surface area contributed by atoms with E-state index in [0.717, 1.165) is 9.99 Å². The molecule has 0 aliphatic heterocycles. The number of hydrogen-bond acceptors (Lipinski definition) is 1. The first-order valence-corrected chi connectivity index (χ1v) is 7.09. The molecule has 0 saturated heterocycles. The van der Waals surface area contributed by atoms with Crippen LogP contribution in [0, 0.1) is 0 Å². The van der Waals surface area contributed by atoms with Gasteiger partial charge in [0, 0.05) is 16.1 Å². The molecule has 0 bridgehead atoms. The Kier molecular flexibility index (Phi) is 15.9. The minimum absolute atomic E-state index is 0. The van der Waals surface area contributed by atoms with E-state index >= 15 is 0 Å². The Hall–Kier alpha value is 0.298. The van der Waals surface area contributed by atoms with Gasteiger partial charge in [-0.25, -0.2) is 0 Å². The van der Waals surface area contributed by atoms with Crippen molar-refractivity contribution < 1.29 is 31.2 Å². The Balaban J connectivity index is -0.000000321. The average molecular weight is 506 g/mol. The molecule has 1 aromatic heterocycles. The van der Waals surface area contributed by atoms with Gasteiger partial charge in [0.15, 0.2) is 0 Å². The molecule has 0 spiro atoms. The van der Waals surface area contributed by atoms with Crippen LogP contribution in [-0.4, -0.2) is 4.98 Å². The third kappa shape index (κ3) is 6.14. The maximum absolute atomic E-state index is 4.61. The summed E-state index contributed by atoms with van der Waals surface area (Å²) >= 11 is 4.98. The molecule has 0 radical (unpaired) electrons. The van der Waals surface area contributed by atoms with Crippen LogP contribution >= 0.6 is 25.3 Å².